The highest BCUT2D eigenvalue weighted by molar-refractivity contribution is 9.10. The minimum Gasteiger partial charge on any atom is -0.322 e. The van der Waals surface area contributed by atoms with Crippen LogP contribution in [0.5, 0.6) is 0 Å². The van der Waals surface area contributed by atoms with E-state index in [1.165, 1.54) is 23.5 Å². The highest BCUT2D eigenvalue weighted by Crippen LogP contribution is 2.26. The maximum atomic E-state index is 12.7. The Balaban J connectivity index is 1.77. The van der Waals surface area contributed by atoms with Gasteiger partial charge in [0.05, 0.1) is 15.6 Å². The van der Waals surface area contributed by atoms with Crippen molar-refractivity contribution in [2.24, 2.45) is 0 Å². The molecule has 0 aromatic heterocycles. The van der Waals surface area contributed by atoms with E-state index in [9.17, 15) is 13.2 Å². The zero-order valence-corrected chi connectivity index (χ0v) is 17.9. The Bertz CT molecular complexity index is 1100. The van der Waals surface area contributed by atoms with E-state index in [1.807, 2.05) is 0 Å². The maximum Gasteiger partial charge on any atom is 0.264 e. The minimum atomic E-state index is -3.67. The zero-order valence-electron chi connectivity index (χ0n) is 14.8. The van der Waals surface area contributed by atoms with Gasteiger partial charge in [0.1, 0.15) is 0 Å². The van der Waals surface area contributed by atoms with Crippen LogP contribution >= 0.6 is 27.5 Å². The van der Waals surface area contributed by atoms with E-state index in [0.29, 0.717) is 22.0 Å². The first-order valence-electron chi connectivity index (χ1n) is 8.19. The van der Waals surface area contributed by atoms with Gasteiger partial charge >= 0.3 is 0 Å². The van der Waals surface area contributed by atoms with Gasteiger partial charge in [0.2, 0.25) is 0 Å². The number of benzene rings is 3. The normalized spacial score (nSPS) is 11.1. The number of anilines is 2. The van der Waals surface area contributed by atoms with Crippen LogP contribution in [-0.4, -0.2) is 21.4 Å². The first-order chi connectivity index (χ1) is 13.3. The van der Waals surface area contributed by atoms with Crippen LogP contribution in [0.4, 0.5) is 11.4 Å². The summed E-state index contributed by atoms with van der Waals surface area (Å²) in [6.07, 6.45) is 0. The fraction of sp³-hybridized carbons (Fsp3) is 0.0500. The molecule has 0 spiro atoms. The second-order valence-electron chi connectivity index (χ2n) is 5.92. The molecule has 3 aromatic carbocycles. The number of rotatable bonds is 5. The van der Waals surface area contributed by atoms with Crippen molar-refractivity contribution in [1.29, 1.82) is 0 Å². The summed E-state index contributed by atoms with van der Waals surface area (Å²) in [5.74, 6) is -0.321. The summed E-state index contributed by atoms with van der Waals surface area (Å²) in [6.45, 7) is 0. The number of halogens is 2. The SMILES string of the molecule is CN(c1ccc(C(=O)Nc2ccc(Br)c(Cl)c2)cc1)S(=O)(=O)c1ccccc1. The van der Waals surface area contributed by atoms with Gasteiger partial charge in [0.25, 0.3) is 15.9 Å². The van der Waals surface area contributed by atoms with Gasteiger partial charge in [-0.1, -0.05) is 29.8 Å². The Labute approximate surface area is 177 Å². The van der Waals surface area contributed by atoms with Crippen LogP contribution in [0.15, 0.2) is 82.2 Å². The summed E-state index contributed by atoms with van der Waals surface area (Å²) in [4.78, 5) is 12.6. The van der Waals surface area contributed by atoms with Crippen molar-refractivity contribution in [1.82, 2.24) is 0 Å². The predicted molar refractivity (Wildman–Crippen MR) is 116 cm³/mol. The van der Waals surface area contributed by atoms with Gasteiger partial charge in [-0.25, -0.2) is 8.42 Å². The number of amides is 1. The summed E-state index contributed by atoms with van der Waals surface area (Å²) < 4.78 is 27.3. The van der Waals surface area contributed by atoms with E-state index in [2.05, 4.69) is 21.2 Å². The molecule has 0 aliphatic carbocycles. The predicted octanol–water partition coefficient (Wildman–Crippen LogP) is 5.18. The summed E-state index contributed by atoms with van der Waals surface area (Å²) in [5, 5.41) is 3.24. The van der Waals surface area contributed by atoms with E-state index < -0.39 is 10.0 Å². The van der Waals surface area contributed by atoms with E-state index in [1.54, 1.807) is 60.7 Å². The van der Waals surface area contributed by atoms with Crippen LogP contribution in [0, 0.1) is 0 Å². The Hall–Kier alpha value is -2.35. The van der Waals surface area contributed by atoms with Gasteiger partial charge in [0.15, 0.2) is 0 Å². The number of carbonyl (C=O) groups excluding carboxylic acids is 1. The van der Waals surface area contributed by atoms with E-state index in [-0.39, 0.29) is 10.8 Å². The third-order valence-electron chi connectivity index (χ3n) is 4.07. The second kappa shape index (κ2) is 8.34. The van der Waals surface area contributed by atoms with Crippen molar-refractivity contribution in [2.45, 2.75) is 4.90 Å². The molecule has 0 unspecified atom stereocenters. The Morgan fingerprint density at radius 3 is 2.25 bits per heavy atom. The molecule has 3 aromatic rings. The van der Waals surface area contributed by atoms with Crippen molar-refractivity contribution in [3.8, 4) is 0 Å². The fourth-order valence-electron chi connectivity index (χ4n) is 2.49. The number of nitrogens with zero attached hydrogens (tertiary/aromatic N) is 1. The number of hydrogen-bond donors (Lipinski definition) is 1. The van der Waals surface area contributed by atoms with Gasteiger partial charge < -0.3 is 5.32 Å². The van der Waals surface area contributed by atoms with Crippen LogP contribution in [-0.2, 0) is 10.0 Å². The highest BCUT2D eigenvalue weighted by Gasteiger charge is 2.21. The topological polar surface area (TPSA) is 66.5 Å². The zero-order chi connectivity index (χ0) is 20.3. The lowest BCUT2D eigenvalue weighted by atomic mass is 10.2. The van der Waals surface area contributed by atoms with Crippen LogP contribution in [0.25, 0.3) is 0 Å². The molecule has 0 radical (unpaired) electrons. The molecule has 0 aliphatic heterocycles. The molecule has 3 rings (SSSR count). The smallest absolute Gasteiger partial charge is 0.264 e. The van der Waals surface area contributed by atoms with Crippen molar-refractivity contribution < 1.29 is 13.2 Å². The summed E-state index contributed by atoms with van der Waals surface area (Å²) >= 11 is 9.33. The molecule has 0 fully saturated rings. The molecule has 5 nitrogen and oxygen atoms in total. The number of nitrogens with one attached hydrogen (secondary N) is 1. The number of hydrogen-bond acceptors (Lipinski definition) is 3. The maximum absolute atomic E-state index is 12.7. The second-order valence-corrected chi connectivity index (χ2v) is 9.15. The largest absolute Gasteiger partial charge is 0.322 e. The number of sulfonamides is 1. The third-order valence-corrected chi connectivity index (χ3v) is 7.10. The molecule has 144 valence electrons. The summed E-state index contributed by atoms with van der Waals surface area (Å²) in [5.41, 5.74) is 1.41. The average Bonchev–Trinajstić information content (AvgIpc) is 2.71. The molecular weight excluding hydrogens is 464 g/mol. The van der Waals surface area contributed by atoms with E-state index in [0.717, 1.165) is 4.47 Å². The molecule has 1 N–H and O–H groups in total. The van der Waals surface area contributed by atoms with Crippen molar-refractivity contribution >= 4 is 54.8 Å². The standard InChI is InChI=1S/C20H16BrClN2O3S/c1-24(28(26,27)17-5-3-2-4-6-17)16-10-7-14(8-11-16)20(25)23-15-9-12-18(21)19(22)13-15/h2-13H,1H3,(H,23,25). The van der Waals surface area contributed by atoms with Crippen LogP contribution < -0.4 is 9.62 Å². The Morgan fingerprint density at radius 1 is 1.00 bits per heavy atom. The molecule has 0 atom stereocenters. The van der Waals surface area contributed by atoms with Gasteiger partial charge in [-0.05, 0) is 70.5 Å². The molecule has 0 aliphatic rings. The minimum absolute atomic E-state index is 0.200. The summed E-state index contributed by atoms with van der Waals surface area (Å²) in [6, 6.07) is 19.6. The van der Waals surface area contributed by atoms with Crippen molar-refractivity contribution in [3.63, 3.8) is 0 Å². The number of carbonyl (C=O) groups is 1. The molecular formula is C20H16BrClN2O3S. The Kier molecular flexibility index (Phi) is 6.07. The van der Waals surface area contributed by atoms with Gasteiger partial charge in [-0.3, -0.25) is 9.10 Å². The molecule has 28 heavy (non-hydrogen) atoms. The molecule has 0 bridgehead atoms. The van der Waals surface area contributed by atoms with Crippen LogP contribution in [0.1, 0.15) is 10.4 Å². The molecule has 0 heterocycles. The Morgan fingerprint density at radius 2 is 1.64 bits per heavy atom. The lowest BCUT2D eigenvalue weighted by Gasteiger charge is -2.19. The quantitative estimate of drug-likeness (QED) is 0.548. The van der Waals surface area contributed by atoms with E-state index in [4.69, 9.17) is 11.6 Å². The van der Waals surface area contributed by atoms with Crippen LogP contribution in [0.2, 0.25) is 5.02 Å². The first-order valence-corrected chi connectivity index (χ1v) is 10.8. The van der Waals surface area contributed by atoms with Gasteiger partial charge in [0, 0.05) is 22.8 Å². The molecule has 0 saturated heterocycles. The monoisotopic (exact) mass is 478 g/mol. The molecule has 1 amide bonds. The lowest BCUT2D eigenvalue weighted by molar-refractivity contribution is 0.102. The van der Waals surface area contributed by atoms with E-state index >= 15 is 0 Å². The molecule has 8 heteroatoms. The summed E-state index contributed by atoms with van der Waals surface area (Å²) in [7, 11) is -2.20. The van der Waals surface area contributed by atoms with Gasteiger partial charge in [-0.2, -0.15) is 0 Å². The van der Waals surface area contributed by atoms with Crippen molar-refractivity contribution in [3.05, 3.63) is 87.9 Å². The van der Waals surface area contributed by atoms with Crippen molar-refractivity contribution in [2.75, 3.05) is 16.7 Å². The first kappa shape index (κ1) is 20.4. The third kappa shape index (κ3) is 4.38. The average molecular weight is 480 g/mol. The highest BCUT2D eigenvalue weighted by atomic mass is 79.9. The molecule has 0 saturated carbocycles. The van der Waals surface area contributed by atoms with Gasteiger partial charge in [-0.15, -0.1) is 0 Å². The van der Waals surface area contributed by atoms with Crippen LogP contribution in [0.3, 0.4) is 0 Å². The fourth-order valence-corrected chi connectivity index (χ4v) is 4.13. The lowest BCUT2D eigenvalue weighted by Crippen LogP contribution is -2.26.